The fourth-order valence-electron chi connectivity index (χ4n) is 3.58. The van der Waals surface area contributed by atoms with Gasteiger partial charge in [0.05, 0.1) is 6.10 Å². The maximum absolute atomic E-state index is 11.1. The number of halogens is 1. The topological polar surface area (TPSA) is 23.5 Å². The van der Waals surface area contributed by atoms with E-state index >= 15 is 0 Å². The molecular weight excluding hydrogens is 362 g/mol. The van der Waals surface area contributed by atoms with Crippen LogP contribution in [0.2, 0.25) is 0 Å². The minimum atomic E-state index is -0.483. The van der Waals surface area contributed by atoms with Crippen LogP contribution in [0.15, 0.2) is 59.1 Å². The summed E-state index contributed by atoms with van der Waals surface area (Å²) in [4.78, 5) is 2.53. The summed E-state index contributed by atoms with van der Waals surface area (Å²) in [5.74, 6) is 0.102. The molecule has 1 heterocycles. The smallest absolute Gasteiger partial charge is 0.0870 e. The van der Waals surface area contributed by atoms with Crippen LogP contribution < -0.4 is 0 Å². The lowest BCUT2D eigenvalue weighted by atomic mass is 9.88. The lowest BCUT2D eigenvalue weighted by molar-refractivity contribution is 0.117. The molecule has 128 valence electrons. The van der Waals surface area contributed by atoms with Crippen molar-refractivity contribution in [3.8, 4) is 0 Å². The summed E-state index contributed by atoms with van der Waals surface area (Å²) in [5.41, 5.74) is 2.21. The van der Waals surface area contributed by atoms with E-state index in [2.05, 4.69) is 45.1 Å². The van der Waals surface area contributed by atoms with Gasteiger partial charge in [-0.1, -0.05) is 71.2 Å². The largest absolute Gasteiger partial charge is 0.388 e. The Morgan fingerprint density at radius 2 is 1.46 bits per heavy atom. The summed E-state index contributed by atoms with van der Waals surface area (Å²) in [6.07, 6.45) is 4.73. The number of aliphatic hydroxyl groups excluding tert-OH is 1. The molecule has 2 nitrogen and oxygen atoms in total. The van der Waals surface area contributed by atoms with Crippen LogP contribution in [0.4, 0.5) is 0 Å². The lowest BCUT2D eigenvalue weighted by Crippen LogP contribution is -2.32. The van der Waals surface area contributed by atoms with Crippen molar-refractivity contribution in [2.24, 2.45) is 0 Å². The summed E-state index contributed by atoms with van der Waals surface area (Å²) in [7, 11) is 0. The highest BCUT2D eigenvalue weighted by Gasteiger charge is 2.25. The average molecular weight is 388 g/mol. The molecule has 0 spiro atoms. The van der Waals surface area contributed by atoms with Crippen LogP contribution >= 0.6 is 15.9 Å². The first-order valence-corrected chi connectivity index (χ1v) is 9.74. The highest BCUT2D eigenvalue weighted by atomic mass is 79.9. The van der Waals surface area contributed by atoms with Gasteiger partial charge in [-0.15, -0.1) is 0 Å². The molecule has 0 aliphatic carbocycles. The Bertz CT molecular complexity index is 605. The molecule has 3 heteroatoms. The van der Waals surface area contributed by atoms with E-state index in [0.29, 0.717) is 0 Å². The molecule has 0 aromatic heterocycles. The van der Waals surface area contributed by atoms with E-state index in [-0.39, 0.29) is 5.92 Å². The van der Waals surface area contributed by atoms with Crippen LogP contribution in [-0.2, 0) is 0 Å². The minimum Gasteiger partial charge on any atom is -0.388 e. The van der Waals surface area contributed by atoms with Crippen LogP contribution in [-0.4, -0.2) is 29.6 Å². The van der Waals surface area contributed by atoms with Gasteiger partial charge in [0.1, 0.15) is 0 Å². The Morgan fingerprint density at radius 1 is 0.833 bits per heavy atom. The van der Waals surface area contributed by atoms with Crippen molar-refractivity contribution in [2.75, 3.05) is 19.6 Å². The first-order valence-electron chi connectivity index (χ1n) is 8.95. The first-order chi connectivity index (χ1) is 11.7. The number of hydrogen-bond donors (Lipinski definition) is 1. The molecule has 2 atom stereocenters. The molecule has 1 saturated heterocycles. The average Bonchev–Trinajstić information content (AvgIpc) is 2.89. The fraction of sp³-hybridized carbons (Fsp3) is 0.429. The molecule has 2 aromatic carbocycles. The van der Waals surface area contributed by atoms with Crippen molar-refractivity contribution in [3.63, 3.8) is 0 Å². The number of nitrogens with zero attached hydrogens (tertiary/aromatic N) is 1. The highest BCUT2D eigenvalue weighted by Crippen LogP contribution is 2.33. The quantitative estimate of drug-likeness (QED) is 0.767. The highest BCUT2D eigenvalue weighted by molar-refractivity contribution is 9.10. The monoisotopic (exact) mass is 387 g/mol. The second-order valence-corrected chi connectivity index (χ2v) is 7.64. The van der Waals surface area contributed by atoms with Gasteiger partial charge in [0.2, 0.25) is 0 Å². The Morgan fingerprint density at radius 3 is 2.08 bits per heavy atom. The number of rotatable bonds is 5. The van der Waals surface area contributed by atoms with Gasteiger partial charge in [-0.05, 0) is 49.2 Å². The molecule has 24 heavy (non-hydrogen) atoms. The maximum Gasteiger partial charge on any atom is 0.0870 e. The predicted molar refractivity (Wildman–Crippen MR) is 103 cm³/mol. The van der Waals surface area contributed by atoms with Crippen LogP contribution in [0, 0.1) is 0 Å². The zero-order valence-electron chi connectivity index (χ0n) is 14.1. The molecule has 3 rings (SSSR count). The molecule has 1 N–H and O–H groups in total. The van der Waals surface area contributed by atoms with Crippen molar-refractivity contribution >= 4 is 15.9 Å². The number of aliphatic hydroxyl groups is 1. The second kappa shape index (κ2) is 8.80. The van der Waals surface area contributed by atoms with Gasteiger partial charge in [0.15, 0.2) is 0 Å². The standard InChI is InChI=1S/C21H26BrNO/c22-19-12-10-18(11-13-19)21(24)20(17-8-4-3-5-9-17)16-23-14-6-1-2-7-15-23/h3-5,8-13,20-21,24H,1-2,6-7,14-16H2/t20-,21-/m0/s1. The molecule has 1 aliphatic rings. The van der Waals surface area contributed by atoms with Crippen LogP contribution in [0.5, 0.6) is 0 Å². The Balaban J connectivity index is 1.82. The molecule has 2 aromatic rings. The molecule has 0 saturated carbocycles. The summed E-state index contributed by atoms with van der Waals surface area (Å²) < 4.78 is 1.04. The van der Waals surface area contributed by atoms with E-state index in [0.717, 1.165) is 29.7 Å². The van der Waals surface area contributed by atoms with Crippen molar-refractivity contribution in [1.82, 2.24) is 4.90 Å². The first kappa shape index (κ1) is 17.7. The van der Waals surface area contributed by atoms with Crippen LogP contribution in [0.1, 0.15) is 48.8 Å². The predicted octanol–water partition coefficient (Wildman–Crippen LogP) is 5.14. The number of benzene rings is 2. The van der Waals surface area contributed by atoms with Gasteiger partial charge in [-0.3, -0.25) is 0 Å². The van der Waals surface area contributed by atoms with Crippen molar-refractivity contribution in [1.29, 1.82) is 0 Å². The number of hydrogen-bond acceptors (Lipinski definition) is 2. The normalized spacial score (nSPS) is 18.8. The van der Waals surface area contributed by atoms with E-state index in [1.165, 1.54) is 31.2 Å². The van der Waals surface area contributed by atoms with Crippen LogP contribution in [0.25, 0.3) is 0 Å². The Hall–Kier alpha value is -1.16. The lowest BCUT2D eigenvalue weighted by Gasteiger charge is -2.30. The second-order valence-electron chi connectivity index (χ2n) is 6.73. The zero-order chi connectivity index (χ0) is 16.8. The van der Waals surface area contributed by atoms with Gasteiger partial charge in [-0.2, -0.15) is 0 Å². The van der Waals surface area contributed by atoms with E-state index in [1.807, 2.05) is 30.3 Å². The minimum absolute atomic E-state index is 0.102. The molecule has 0 radical (unpaired) electrons. The van der Waals surface area contributed by atoms with Gasteiger partial charge in [0, 0.05) is 16.9 Å². The summed E-state index contributed by atoms with van der Waals surface area (Å²) >= 11 is 3.47. The summed E-state index contributed by atoms with van der Waals surface area (Å²) in [6, 6.07) is 18.5. The fourth-order valence-corrected chi connectivity index (χ4v) is 3.84. The van der Waals surface area contributed by atoms with E-state index in [1.54, 1.807) is 0 Å². The van der Waals surface area contributed by atoms with Gasteiger partial charge < -0.3 is 10.0 Å². The van der Waals surface area contributed by atoms with E-state index in [9.17, 15) is 5.11 Å². The Labute approximate surface area is 153 Å². The van der Waals surface area contributed by atoms with Crippen molar-refractivity contribution < 1.29 is 5.11 Å². The third-order valence-corrected chi connectivity index (χ3v) is 5.50. The molecule has 0 unspecified atom stereocenters. The molecular formula is C21H26BrNO. The van der Waals surface area contributed by atoms with Crippen LogP contribution in [0.3, 0.4) is 0 Å². The molecule has 1 fully saturated rings. The summed E-state index contributed by atoms with van der Waals surface area (Å²) in [5, 5.41) is 11.1. The molecule has 1 aliphatic heterocycles. The molecule has 0 amide bonds. The van der Waals surface area contributed by atoms with Crippen molar-refractivity contribution in [3.05, 3.63) is 70.2 Å². The zero-order valence-corrected chi connectivity index (χ0v) is 15.7. The van der Waals surface area contributed by atoms with Gasteiger partial charge >= 0.3 is 0 Å². The molecule has 0 bridgehead atoms. The third kappa shape index (κ3) is 4.69. The van der Waals surface area contributed by atoms with E-state index < -0.39 is 6.10 Å². The van der Waals surface area contributed by atoms with Crippen molar-refractivity contribution in [2.45, 2.75) is 37.7 Å². The number of likely N-dealkylation sites (tertiary alicyclic amines) is 1. The van der Waals surface area contributed by atoms with Gasteiger partial charge in [-0.25, -0.2) is 0 Å². The Kier molecular flexibility index (Phi) is 6.47. The third-order valence-electron chi connectivity index (χ3n) is 4.97. The van der Waals surface area contributed by atoms with E-state index in [4.69, 9.17) is 0 Å². The van der Waals surface area contributed by atoms with Gasteiger partial charge in [0.25, 0.3) is 0 Å². The SMILES string of the molecule is O[C@@H](c1ccc(Br)cc1)[C@@H](CN1CCCCCC1)c1ccccc1. The maximum atomic E-state index is 11.1. The summed E-state index contributed by atoms with van der Waals surface area (Å²) in [6.45, 7) is 3.22.